The summed E-state index contributed by atoms with van der Waals surface area (Å²) in [6.07, 6.45) is 6.22. The maximum absolute atomic E-state index is 12.6. The largest absolute Gasteiger partial charge is 0.353 e. The van der Waals surface area contributed by atoms with Crippen molar-refractivity contribution in [1.29, 1.82) is 0 Å². The topological polar surface area (TPSA) is 91.3 Å². The van der Waals surface area contributed by atoms with Gasteiger partial charge in [-0.25, -0.2) is 9.97 Å². The summed E-state index contributed by atoms with van der Waals surface area (Å²) in [7, 11) is 0. The third-order valence-electron chi connectivity index (χ3n) is 5.69. The van der Waals surface area contributed by atoms with Crippen LogP contribution >= 0.6 is 0 Å². The zero-order chi connectivity index (χ0) is 23.4. The number of carbonyl (C=O) groups is 2. The van der Waals surface area contributed by atoms with E-state index >= 15 is 0 Å². The number of carbonyl (C=O) groups excluding carboxylic acids is 2. The molecule has 8 nitrogen and oxygen atoms in total. The van der Waals surface area contributed by atoms with E-state index in [-0.39, 0.29) is 17.2 Å². The monoisotopic (exact) mass is 444 g/mol. The van der Waals surface area contributed by atoms with Crippen LogP contribution < -0.4 is 10.2 Å². The summed E-state index contributed by atoms with van der Waals surface area (Å²) in [5.74, 6) is 0.541. The van der Waals surface area contributed by atoms with Crippen LogP contribution in [0.5, 0.6) is 0 Å². The highest BCUT2D eigenvalue weighted by Gasteiger charge is 2.23. The van der Waals surface area contributed by atoms with Gasteiger partial charge < -0.3 is 15.1 Å². The molecule has 0 saturated carbocycles. The molecule has 0 bridgehead atoms. The second kappa shape index (κ2) is 9.36. The minimum Gasteiger partial charge on any atom is -0.353 e. The molecule has 1 aliphatic heterocycles. The fourth-order valence-electron chi connectivity index (χ4n) is 3.68. The van der Waals surface area contributed by atoms with Gasteiger partial charge in [0, 0.05) is 44.1 Å². The molecule has 1 saturated heterocycles. The van der Waals surface area contributed by atoms with Crippen molar-refractivity contribution in [2.75, 3.05) is 36.4 Å². The van der Waals surface area contributed by atoms with Crippen molar-refractivity contribution < 1.29 is 9.59 Å². The van der Waals surface area contributed by atoms with Crippen molar-refractivity contribution >= 4 is 23.3 Å². The van der Waals surface area contributed by atoms with E-state index in [0.717, 1.165) is 5.82 Å². The second-order valence-corrected chi connectivity index (χ2v) is 9.06. The smallest absolute Gasteiger partial charge is 0.274 e. The van der Waals surface area contributed by atoms with Crippen LogP contribution in [-0.2, 0) is 5.41 Å². The number of nitrogens with one attached hydrogen (secondary N) is 1. The van der Waals surface area contributed by atoms with Crippen LogP contribution in [0.2, 0.25) is 0 Å². The number of rotatable bonds is 4. The number of hydrogen-bond acceptors (Lipinski definition) is 6. The summed E-state index contributed by atoms with van der Waals surface area (Å²) < 4.78 is 0. The summed E-state index contributed by atoms with van der Waals surface area (Å²) in [4.78, 5) is 41.6. The fourth-order valence-corrected chi connectivity index (χ4v) is 3.68. The van der Waals surface area contributed by atoms with Gasteiger partial charge in [0.25, 0.3) is 11.8 Å². The lowest BCUT2D eigenvalue weighted by molar-refractivity contribution is 0.0740. The minimum atomic E-state index is -0.166. The quantitative estimate of drug-likeness (QED) is 0.663. The van der Waals surface area contributed by atoms with Gasteiger partial charge in [-0.15, -0.1) is 0 Å². The van der Waals surface area contributed by atoms with E-state index in [1.165, 1.54) is 18.0 Å². The van der Waals surface area contributed by atoms with Crippen LogP contribution in [0.3, 0.4) is 0 Å². The Morgan fingerprint density at radius 2 is 1.61 bits per heavy atom. The molecular weight excluding hydrogens is 416 g/mol. The minimum absolute atomic E-state index is 0.0448. The van der Waals surface area contributed by atoms with Gasteiger partial charge in [0.2, 0.25) is 0 Å². The van der Waals surface area contributed by atoms with E-state index < -0.39 is 0 Å². The van der Waals surface area contributed by atoms with E-state index in [9.17, 15) is 9.59 Å². The first-order valence-electron chi connectivity index (χ1n) is 11.0. The maximum atomic E-state index is 12.6. The highest BCUT2D eigenvalue weighted by molar-refractivity contribution is 6.04. The Hall–Kier alpha value is -3.81. The van der Waals surface area contributed by atoms with Crippen LogP contribution in [0.1, 0.15) is 47.2 Å². The molecule has 3 heterocycles. The number of anilines is 2. The predicted octanol–water partition coefficient (Wildman–Crippen LogP) is 3.38. The molecule has 2 amide bonds. The summed E-state index contributed by atoms with van der Waals surface area (Å²) in [6.45, 7) is 8.94. The van der Waals surface area contributed by atoms with Gasteiger partial charge in [-0.1, -0.05) is 32.9 Å². The lowest BCUT2D eigenvalue weighted by atomic mass is 9.87. The standard InChI is InChI=1S/C25H28N6O2/c1-25(2,3)19-6-4-18(5-7-19)23(32)29-20-8-9-22(28-16-20)30-12-14-31(15-13-30)24(33)21-17-26-10-11-27-21/h4-11,16-17H,12-15H2,1-3H3,(H,29,32). The van der Waals surface area contributed by atoms with Crippen molar-refractivity contribution in [3.8, 4) is 0 Å². The first-order chi connectivity index (χ1) is 15.8. The number of piperazine rings is 1. The number of aromatic nitrogens is 3. The molecule has 0 spiro atoms. The first-order valence-corrected chi connectivity index (χ1v) is 11.0. The van der Waals surface area contributed by atoms with Crippen molar-refractivity contribution in [3.05, 3.63) is 78.0 Å². The maximum Gasteiger partial charge on any atom is 0.274 e. The number of benzene rings is 1. The zero-order valence-electron chi connectivity index (χ0n) is 19.2. The Labute approximate surface area is 193 Å². The van der Waals surface area contributed by atoms with E-state index in [1.807, 2.05) is 36.4 Å². The number of pyridine rings is 1. The van der Waals surface area contributed by atoms with Crippen LogP contribution in [0.15, 0.2) is 61.2 Å². The van der Waals surface area contributed by atoms with Crippen LogP contribution in [0.4, 0.5) is 11.5 Å². The van der Waals surface area contributed by atoms with Crippen LogP contribution in [0, 0.1) is 0 Å². The summed E-state index contributed by atoms with van der Waals surface area (Å²) in [6, 6.07) is 11.4. The van der Waals surface area contributed by atoms with Gasteiger partial charge in [0.05, 0.1) is 18.1 Å². The van der Waals surface area contributed by atoms with Crippen molar-refractivity contribution in [2.45, 2.75) is 26.2 Å². The molecular formula is C25H28N6O2. The molecule has 4 rings (SSSR count). The van der Waals surface area contributed by atoms with Crippen LogP contribution in [0.25, 0.3) is 0 Å². The van der Waals surface area contributed by atoms with E-state index in [4.69, 9.17) is 0 Å². The second-order valence-electron chi connectivity index (χ2n) is 9.06. The van der Waals surface area contributed by atoms with Crippen LogP contribution in [-0.4, -0.2) is 57.8 Å². The molecule has 0 aliphatic carbocycles. The molecule has 170 valence electrons. The van der Waals surface area contributed by atoms with Gasteiger partial charge in [-0.3, -0.25) is 14.6 Å². The molecule has 2 aromatic heterocycles. The van der Waals surface area contributed by atoms with Crippen molar-refractivity contribution in [1.82, 2.24) is 19.9 Å². The van der Waals surface area contributed by atoms with Crippen molar-refractivity contribution in [3.63, 3.8) is 0 Å². The van der Waals surface area contributed by atoms with Gasteiger partial charge in [0.1, 0.15) is 11.5 Å². The van der Waals surface area contributed by atoms with Gasteiger partial charge in [-0.2, -0.15) is 0 Å². The molecule has 1 aromatic carbocycles. The number of nitrogens with zero attached hydrogens (tertiary/aromatic N) is 5. The summed E-state index contributed by atoms with van der Waals surface area (Å²) >= 11 is 0. The fraction of sp³-hybridized carbons (Fsp3) is 0.320. The summed E-state index contributed by atoms with van der Waals surface area (Å²) in [5.41, 5.74) is 2.83. The predicted molar refractivity (Wildman–Crippen MR) is 127 cm³/mol. The first kappa shape index (κ1) is 22.4. The zero-order valence-corrected chi connectivity index (χ0v) is 19.2. The van der Waals surface area contributed by atoms with Crippen molar-refractivity contribution in [2.24, 2.45) is 0 Å². The molecule has 0 atom stereocenters. The third kappa shape index (κ3) is 5.34. The van der Waals surface area contributed by atoms with Gasteiger partial charge in [0.15, 0.2) is 0 Å². The molecule has 0 unspecified atom stereocenters. The Balaban J connectivity index is 1.32. The van der Waals surface area contributed by atoms with E-state index in [2.05, 4.69) is 45.9 Å². The number of amides is 2. The Kier molecular flexibility index (Phi) is 6.35. The average Bonchev–Trinajstić information content (AvgIpc) is 2.84. The van der Waals surface area contributed by atoms with E-state index in [1.54, 1.807) is 17.3 Å². The average molecular weight is 445 g/mol. The normalized spacial score (nSPS) is 14.2. The molecule has 1 N–H and O–H groups in total. The SMILES string of the molecule is CC(C)(C)c1ccc(C(=O)Nc2ccc(N3CCN(C(=O)c4cnccn4)CC3)nc2)cc1. The molecule has 3 aromatic rings. The molecule has 33 heavy (non-hydrogen) atoms. The molecule has 8 heteroatoms. The molecule has 1 fully saturated rings. The van der Waals surface area contributed by atoms with E-state index in [0.29, 0.717) is 43.1 Å². The highest BCUT2D eigenvalue weighted by atomic mass is 16.2. The lowest BCUT2D eigenvalue weighted by Crippen LogP contribution is -2.49. The lowest BCUT2D eigenvalue weighted by Gasteiger charge is -2.35. The third-order valence-corrected chi connectivity index (χ3v) is 5.69. The Morgan fingerprint density at radius 1 is 0.879 bits per heavy atom. The van der Waals surface area contributed by atoms with Gasteiger partial charge in [-0.05, 0) is 35.2 Å². The Bertz CT molecular complexity index is 1100. The number of hydrogen-bond donors (Lipinski definition) is 1. The highest BCUT2D eigenvalue weighted by Crippen LogP contribution is 2.23. The van der Waals surface area contributed by atoms with Gasteiger partial charge >= 0.3 is 0 Å². The summed E-state index contributed by atoms with van der Waals surface area (Å²) in [5, 5.41) is 2.90. The molecule has 1 aliphatic rings. The Morgan fingerprint density at radius 3 is 2.18 bits per heavy atom. The molecule has 0 radical (unpaired) electrons.